The third-order valence-corrected chi connectivity index (χ3v) is 3.39. The van der Waals surface area contributed by atoms with Gasteiger partial charge in [0.15, 0.2) is 0 Å². The predicted octanol–water partition coefficient (Wildman–Crippen LogP) is 2.90. The third-order valence-electron chi connectivity index (χ3n) is 3.39. The van der Waals surface area contributed by atoms with Gasteiger partial charge in [0.2, 0.25) is 0 Å². The lowest BCUT2D eigenvalue weighted by Gasteiger charge is -2.01. The van der Waals surface area contributed by atoms with E-state index in [1.165, 1.54) is 5.56 Å². The molecular formula is C17H17N5. The Kier molecular flexibility index (Phi) is 4.05. The van der Waals surface area contributed by atoms with Crippen LogP contribution in [0.5, 0.6) is 0 Å². The normalized spacial score (nSPS) is 10.6. The van der Waals surface area contributed by atoms with Gasteiger partial charge in [0.05, 0.1) is 25.0 Å². The molecule has 0 N–H and O–H groups in total. The molecule has 0 saturated carbocycles. The van der Waals surface area contributed by atoms with Crippen molar-refractivity contribution < 1.29 is 0 Å². The lowest BCUT2D eigenvalue weighted by Crippen LogP contribution is -2.02. The Morgan fingerprint density at radius 2 is 1.95 bits per heavy atom. The fourth-order valence-corrected chi connectivity index (χ4v) is 2.17. The molecule has 110 valence electrons. The van der Waals surface area contributed by atoms with Gasteiger partial charge in [0.1, 0.15) is 5.69 Å². The van der Waals surface area contributed by atoms with E-state index in [0.29, 0.717) is 13.1 Å². The summed E-state index contributed by atoms with van der Waals surface area (Å²) in [6.45, 7) is 6.74. The average Bonchev–Trinajstić information content (AvgIpc) is 2.99. The number of hydrogen-bond acceptors (Lipinski definition) is 4. The van der Waals surface area contributed by atoms with Crippen LogP contribution in [-0.2, 0) is 13.1 Å². The van der Waals surface area contributed by atoms with E-state index in [4.69, 9.17) is 0 Å². The number of aliphatic imine (C=N–C) groups is 1. The van der Waals surface area contributed by atoms with Gasteiger partial charge in [0, 0.05) is 11.8 Å². The second-order valence-electron chi connectivity index (χ2n) is 5.21. The molecule has 0 fully saturated rings. The molecule has 0 unspecified atom stereocenters. The Morgan fingerprint density at radius 1 is 1.14 bits per heavy atom. The first-order valence-corrected chi connectivity index (χ1v) is 7.08. The molecule has 0 aliphatic heterocycles. The summed E-state index contributed by atoms with van der Waals surface area (Å²) >= 11 is 0. The Bertz CT molecular complexity index is 757. The van der Waals surface area contributed by atoms with Gasteiger partial charge in [-0.1, -0.05) is 41.1 Å². The van der Waals surface area contributed by atoms with Crippen LogP contribution in [0.4, 0.5) is 0 Å². The SMILES string of the molecule is C=NCc1ccc(Cn2cc(-c3ccc(C)cc3)nn2)nc1. The minimum atomic E-state index is 0.591. The van der Waals surface area contributed by atoms with Gasteiger partial charge in [-0.05, 0) is 25.3 Å². The van der Waals surface area contributed by atoms with E-state index in [9.17, 15) is 0 Å². The van der Waals surface area contributed by atoms with Crippen LogP contribution in [0.25, 0.3) is 11.3 Å². The van der Waals surface area contributed by atoms with E-state index in [1.807, 2.05) is 24.5 Å². The van der Waals surface area contributed by atoms with Crippen molar-refractivity contribution in [1.29, 1.82) is 0 Å². The van der Waals surface area contributed by atoms with Crippen molar-refractivity contribution in [3.05, 3.63) is 65.6 Å². The lowest BCUT2D eigenvalue weighted by atomic mass is 10.1. The topological polar surface area (TPSA) is 56.0 Å². The second-order valence-corrected chi connectivity index (χ2v) is 5.21. The second kappa shape index (κ2) is 6.30. The Labute approximate surface area is 129 Å². The molecule has 0 aliphatic rings. The highest BCUT2D eigenvalue weighted by molar-refractivity contribution is 5.57. The van der Waals surface area contributed by atoms with Crippen LogP contribution < -0.4 is 0 Å². The summed E-state index contributed by atoms with van der Waals surface area (Å²) in [7, 11) is 0. The van der Waals surface area contributed by atoms with Crippen molar-refractivity contribution in [2.45, 2.75) is 20.0 Å². The van der Waals surface area contributed by atoms with Gasteiger partial charge < -0.3 is 0 Å². The summed E-state index contributed by atoms with van der Waals surface area (Å²) in [5, 5.41) is 8.39. The maximum absolute atomic E-state index is 4.41. The zero-order valence-corrected chi connectivity index (χ0v) is 12.5. The van der Waals surface area contributed by atoms with Gasteiger partial charge in [-0.2, -0.15) is 0 Å². The summed E-state index contributed by atoms with van der Waals surface area (Å²) in [5.74, 6) is 0. The standard InChI is InChI=1S/C17H17N5/c1-13-3-6-15(7-4-13)17-12-22(21-20-17)11-16-8-5-14(9-18-2)10-19-16/h3-8,10,12H,2,9,11H2,1H3. The van der Waals surface area contributed by atoms with Crippen molar-refractivity contribution >= 4 is 6.72 Å². The highest BCUT2D eigenvalue weighted by Gasteiger charge is 2.05. The van der Waals surface area contributed by atoms with Crippen LogP contribution in [0.15, 0.2) is 53.8 Å². The molecule has 0 amide bonds. The average molecular weight is 291 g/mol. The van der Waals surface area contributed by atoms with Crippen LogP contribution in [-0.4, -0.2) is 26.7 Å². The molecule has 2 aromatic heterocycles. The van der Waals surface area contributed by atoms with E-state index in [2.05, 4.69) is 58.2 Å². The number of aromatic nitrogens is 4. The summed E-state index contributed by atoms with van der Waals surface area (Å²) in [5.41, 5.74) is 5.16. The molecule has 3 rings (SSSR count). The number of hydrogen-bond donors (Lipinski definition) is 0. The molecule has 1 aromatic carbocycles. The highest BCUT2D eigenvalue weighted by atomic mass is 15.4. The van der Waals surface area contributed by atoms with Gasteiger partial charge in [-0.15, -0.1) is 5.10 Å². The number of nitrogens with zero attached hydrogens (tertiary/aromatic N) is 5. The molecule has 0 spiro atoms. The molecule has 0 aliphatic carbocycles. The van der Waals surface area contributed by atoms with Crippen LogP contribution in [0.3, 0.4) is 0 Å². The van der Waals surface area contributed by atoms with Gasteiger partial charge in [0.25, 0.3) is 0 Å². The van der Waals surface area contributed by atoms with Gasteiger partial charge >= 0.3 is 0 Å². The first-order chi connectivity index (χ1) is 10.7. The molecule has 0 bridgehead atoms. The van der Waals surface area contributed by atoms with Gasteiger partial charge in [-0.25, -0.2) is 4.68 Å². The summed E-state index contributed by atoms with van der Waals surface area (Å²) in [4.78, 5) is 8.25. The lowest BCUT2D eigenvalue weighted by molar-refractivity contribution is 0.638. The molecule has 0 saturated heterocycles. The van der Waals surface area contributed by atoms with Crippen LogP contribution in [0, 0.1) is 6.92 Å². The monoisotopic (exact) mass is 291 g/mol. The number of rotatable bonds is 5. The first-order valence-electron chi connectivity index (χ1n) is 7.08. The smallest absolute Gasteiger partial charge is 0.113 e. The minimum absolute atomic E-state index is 0.591. The fraction of sp³-hybridized carbons (Fsp3) is 0.176. The van der Waals surface area contributed by atoms with Crippen molar-refractivity contribution in [3.63, 3.8) is 0 Å². The maximum Gasteiger partial charge on any atom is 0.113 e. The molecule has 22 heavy (non-hydrogen) atoms. The van der Waals surface area contributed by atoms with E-state index in [0.717, 1.165) is 22.5 Å². The van der Waals surface area contributed by atoms with Gasteiger partial charge in [-0.3, -0.25) is 9.98 Å². The van der Waals surface area contributed by atoms with E-state index >= 15 is 0 Å². The van der Waals surface area contributed by atoms with Crippen molar-refractivity contribution in [3.8, 4) is 11.3 Å². The Hall–Kier alpha value is -2.82. The van der Waals surface area contributed by atoms with Crippen LogP contribution in [0.1, 0.15) is 16.8 Å². The van der Waals surface area contributed by atoms with Crippen molar-refractivity contribution in [1.82, 2.24) is 20.0 Å². The molecule has 0 atom stereocenters. The minimum Gasteiger partial charge on any atom is -0.296 e. The number of pyridine rings is 1. The molecular weight excluding hydrogens is 274 g/mol. The van der Waals surface area contributed by atoms with E-state index in [-0.39, 0.29) is 0 Å². The number of benzene rings is 1. The zero-order valence-electron chi connectivity index (χ0n) is 12.5. The van der Waals surface area contributed by atoms with E-state index in [1.54, 1.807) is 4.68 Å². The van der Waals surface area contributed by atoms with Crippen LogP contribution >= 0.6 is 0 Å². The zero-order chi connectivity index (χ0) is 15.4. The Balaban J connectivity index is 1.73. The summed E-state index contributed by atoms with van der Waals surface area (Å²) in [6, 6.07) is 12.2. The van der Waals surface area contributed by atoms with Crippen molar-refractivity contribution in [2.24, 2.45) is 4.99 Å². The fourth-order valence-electron chi connectivity index (χ4n) is 2.17. The van der Waals surface area contributed by atoms with Crippen molar-refractivity contribution in [2.75, 3.05) is 0 Å². The maximum atomic E-state index is 4.41. The Morgan fingerprint density at radius 3 is 2.64 bits per heavy atom. The third kappa shape index (κ3) is 3.25. The van der Waals surface area contributed by atoms with Crippen LogP contribution in [0.2, 0.25) is 0 Å². The molecule has 3 aromatic rings. The predicted molar refractivity (Wildman–Crippen MR) is 86.8 cm³/mol. The number of aryl methyl sites for hydroxylation is 1. The quantitative estimate of drug-likeness (QED) is 0.679. The molecule has 5 heteroatoms. The molecule has 2 heterocycles. The molecule has 0 radical (unpaired) electrons. The summed E-state index contributed by atoms with van der Waals surface area (Å²) < 4.78 is 1.79. The summed E-state index contributed by atoms with van der Waals surface area (Å²) in [6.07, 6.45) is 3.76. The highest BCUT2D eigenvalue weighted by Crippen LogP contribution is 2.16. The largest absolute Gasteiger partial charge is 0.296 e. The molecule has 5 nitrogen and oxygen atoms in total. The first kappa shape index (κ1) is 14.1. The van der Waals surface area contributed by atoms with E-state index < -0.39 is 0 Å².